The molecule has 2 fully saturated rings. The van der Waals surface area contributed by atoms with Crippen molar-refractivity contribution in [1.29, 1.82) is 0 Å². The molecule has 2 saturated heterocycles. The minimum Gasteiger partial charge on any atom is -0.489 e. The van der Waals surface area contributed by atoms with Gasteiger partial charge in [0.25, 0.3) is 5.91 Å². The zero-order valence-corrected chi connectivity index (χ0v) is 19.4. The highest BCUT2D eigenvalue weighted by atomic mass is 35.5. The molecule has 2 aliphatic heterocycles. The summed E-state index contributed by atoms with van der Waals surface area (Å²) in [4.78, 5) is 18.8. The van der Waals surface area contributed by atoms with Crippen molar-refractivity contribution in [3.05, 3.63) is 58.6 Å². The molecule has 7 nitrogen and oxygen atoms in total. The molecule has 1 spiro atoms. The van der Waals surface area contributed by atoms with Gasteiger partial charge in [0.05, 0.1) is 17.3 Å². The van der Waals surface area contributed by atoms with E-state index in [2.05, 4.69) is 4.99 Å². The summed E-state index contributed by atoms with van der Waals surface area (Å²) in [6.07, 6.45) is -0.573. The number of amidine groups is 1. The van der Waals surface area contributed by atoms with Crippen molar-refractivity contribution in [1.82, 2.24) is 0 Å². The average molecular weight is 477 g/mol. The lowest BCUT2D eigenvalue weighted by Gasteiger charge is -2.18. The summed E-state index contributed by atoms with van der Waals surface area (Å²) in [6, 6.07) is 12.9. The fraction of sp³-hybridized carbons (Fsp3) is 0.391. The molecular formula is C23H25ClN2O5S. The number of anilines is 1. The molecule has 0 aromatic heterocycles. The third-order valence-corrected chi connectivity index (χ3v) is 6.82. The van der Waals surface area contributed by atoms with Crippen LogP contribution in [0.25, 0.3) is 0 Å². The van der Waals surface area contributed by atoms with Crippen LogP contribution in [-0.4, -0.2) is 52.1 Å². The monoisotopic (exact) mass is 476 g/mol. The highest BCUT2D eigenvalue weighted by molar-refractivity contribution is 8.17. The van der Waals surface area contributed by atoms with E-state index >= 15 is 0 Å². The normalized spacial score (nSPS) is 24.4. The van der Waals surface area contributed by atoms with Crippen LogP contribution in [-0.2, 0) is 9.53 Å². The second kappa shape index (κ2) is 9.41. The number of halogens is 1. The third-order valence-electron chi connectivity index (χ3n) is 5.24. The Morgan fingerprint density at radius 3 is 2.81 bits per heavy atom. The van der Waals surface area contributed by atoms with Crippen LogP contribution < -0.4 is 9.64 Å². The van der Waals surface area contributed by atoms with Gasteiger partial charge in [-0.05, 0) is 54.4 Å². The maximum absolute atomic E-state index is 13.6. The van der Waals surface area contributed by atoms with Crippen molar-refractivity contribution in [2.45, 2.75) is 37.4 Å². The molecule has 3 atom stereocenters. The maximum Gasteiger partial charge on any atom is 0.279 e. The van der Waals surface area contributed by atoms with Gasteiger partial charge in [-0.1, -0.05) is 42.8 Å². The SMILES string of the molecule is CCC/N=C1/SC2(OC2c2ccc(OC[C@@H](O)CO)c(Cl)c2)C(=O)N1c1ccccc1C. The van der Waals surface area contributed by atoms with E-state index in [1.165, 1.54) is 11.8 Å². The molecule has 170 valence electrons. The molecule has 9 heteroatoms. The van der Waals surface area contributed by atoms with E-state index in [-0.39, 0.29) is 12.5 Å². The quantitative estimate of drug-likeness (QED) is 0.564. The standard InChI is InChI=1S/C23H25ClN2O5S/c1-3-10-25-22-26(18-7-5-4-6-14(18)2)21(29)23(32-22)20(31-23)15-8-9-19(17(24)11-15)30-13-16(28)12-27/h4-9,11,16,20,27-28H,3,10,12-13H2,1-2H3/b25-22+/t16-,20?,23?/m0/s1. The Balaban J connectivity index is 1.58. The number of carbonyl (C=O) groups is 1. The molecule has 1 amide bonds. The molecule has 2 aromatic rings. The number of ether oxygens (including phenoxy) is 2. The van der Waals surface area contributed by atoms with Crippen LogP contribution in [0.3, 0.4) is 0 Å². The lowest BCUT2D eigenvalue weighted by atomic mass is 10.1. The van der Waals surface area contributed by atoms with Crippen LogP contribution in [0.2, 0.25) is 5.02 Å². The molecule has 32 heavy (non-hydrogen) atoms. The van der Waals surface area contributed by atoms with Crippen molar-refractivity contribution < 1.29 is 24.5 Å². The minimum absolute atomic E-state index is 0.0730. The molecule has 2 heterocycles. The lowest BCUT2D eigenvalue weighted by molar-refractivity contribution is -0.119. The van der Waals surface area contributed by atoms with Crippen LogP contribution in [0, 0.1) is 6.92 Å². The van der Waals surface area contributed by atoms with Gasteiger partial charge < -0.3 is 19.7 Å². The third kappa shape index (κ3) is 4.25. The van der Waals surface area contributed by atoms with Gasteiger partial charge in [-0.25, -0.2) is 0 Å². The summed E-state index contributed by atoms with van der Waals surface area (Å²) in [5.41, 5.74) is 2.54. The number of amides is 1. The number of aliphatic hydroxyl groups excluding tert-OH is 2. The molecule has 0 saturated carbocycles. The fourth-order valence-corrected chi connectivity index (χ4v) is 5.02. The molecular weight excluding hydrogens is 452 g/mol. The van der Waals surface area contributed by atoms with Gasteiger partial charge in [-0.2, -0.15) is 0 Å². The predicted octanol–water partition coefficient (Wildman–Crippen LogP) is 3.69. The molecule has 0 bridgehead atoms. The zero-order chi connectivity index (χ0) is 22.9. The van der Waals surface area contributed by atoms with E-state index in [4.69, 9.17) is 26.2 Å². The van der Waals surface area contributed by atoms with E-state index < -0.39 is 23.7 Å². The molecule has 0 radical (unpaired) electrons. The number of epoxide rings is 1. The number of rotatable bonds is 8. The van der Waals surface area contributed by atoms with Crippen molar-refractivity contribution in [2.24, 2.45) is 4.99 Å². The smallest absolute Gasteiger partial charge is 0.279 e. The van der Waals surface area contributed by atoms with E-state index in [0.29, 0.717) is 22.5 Å². The van der Waals surface area contributed by atoms with E-state index in [1.54, 1.807) is 23.1 Å². The largest absolute Gasteiger partial charge is 0.489 e. The zero-order valence-electron chi connectivity index (χ0n) is 17.8. The number of aliphatic imine (C=N–C) groups is 1. The van der Waals surface area contributed by atoms with Gasteiger partial charge in [0.15, 0.2) is 5.17 Å². The average Bonchev–Trinajstić information content (AvgIpc) is 3.45. The first-order valence-corrected chi connectivity index (χ1v) is 11.6. The van der Waals surface area contributed by atoms with Crippen LogP contribution in [0.4, 0.5) is 5.69 Å². The summed E-state index contributed by atoms with van der Waals surface area (Å²) < 4.78 is 11.4. The Morgan fingerprint density at radius 2 is 2.12 bits per heavy atom. The van der Waals surface area contributed by atoms with Crippen molar-refractivity contribution in [3.63, 3.8) is 0 Å². The number of hydrogen-bond acceptors (Lipinski definition) is 7. The number of carbonyl (C=O) groups excluding carboxylic acids is 1. The second-order valence-electron chi connectivity index (χ2n) is 7.70. The Hall–Kier alpha value is -2.10. The highest BCUT2D eigenvalue weighted by Crippen LogP contribution is 2.62. The van der Waals surface area contributed by atoms with E-state index in [9.17, 15) is 9.90 Å². The number of aryl methyl sites for hydroxylation is 1. The van der Waals surface area contributed by atoms with Gasteiger partial charge in [0.1, 0.15) is 24.6 Å². The molecule has 2 N–H and O–H groups in total. The van der Waals surface area contributed by atoms with Gasteiger partial charge in [-0.15, -0.1) is 0 Å². The summed E-state index contributed by atoms with van der Waals surface area (Å²) >= 11 is 7.69. The van der Waals surface area contributed by atoms with Gasteiger partial charge in [0.2, 0.25) is 4.93 Å². The molecule has 2 aromatic carbocycles. The second-order valence-corrected chi connectivity index (χ2v) is 9.28. The summed E-state index contributed by atoms with van der Waals surface area (Å²) in [7, 11) is 0. The predicted molar refractivity (Wildman–Crippen MR) is 125 cm³/mol. The molecule has 2 aliphatic rings. The first kappa shape index (κ1) is 23.1. The van der Waals surface area contributed by atoms with Gasteiger partial charge >= 0.3 is 0 Å². The molecule has 2 unspecified atom stereocenters. The number of benzene rings is 2. The molecule has 0 aliphatic carbocycles. The summed E-state index contributed by atoms with van der Waals surface area (Å²) in [5, 5.41) is 19.4. The number of aliphatic hydroxyl groups is 2. The molecule has 4 rings (SSSR count). The minimum atomic E-state index is -1.06. The van der Waals surface area contributed by atoms with Gasteiger partial charge in [0, 0.05) is 6.54 Å². The van der Waals surface area contributed by atoms with Crippen molar-refractivity contribution in [2.75, 3.05) is 24.7 Å². The van der Waals surface area contributed by atoms with Crippen LogP contribution >= 0.6 is 23.4 Å². The van der Waals surface area contributed by atoms with Gasteiger partial charge in [-0.3, -0.25) is 14.7 Å². The van der Waals surface area contributed by atoms with E-state index in [1.807, 2.05) is 38.1 Å². The van der Waals surface area contributed by atoms with Crippen LogP contribution in [0.1, 0.15) is 30.6 Å². The topological polar surface area (TPSA) is 94.9 Å². The first-order valence-electron chi connectivity index (χ1n) is 10.4. The Bertz CT molecular complexity index is 1050. The van der Waals surface area contributed by atoms with Crippen LogP contribution in [0.5, 0.6) is 5.75 Å². The Labute approximate surface area is 196 Å². The van der Waals surface area contributed by atoms with Crippen molar-refractivity contribution >= 4 is 40.1 Å². The summed E-state index contributed by atoms with van der Waals surface area (Å²) in [6.45, 7) is 4.16. The van der Waals surface area contributed by atoms with Crippen LogP contribution in [0.15, 0.2) is 47.5 Å². The lowest BCUT2D eigenvalue weighted by Crippen LogP contribution is -2.34. The summed E-state index contributed by atoms with van der Waals surface area (Å²) in [5.74, 6) is 0.230. The number of hydrogen-bond donors (Lipinski definition) is 2. The first-order chi connectivity index (χ1) is 15.4. The fourth-order valence-electron chi connectivity index (χ4n) is 3.51. The number of thioether (sulfide) groups is 1. The Kier molecular flexibility index (Phi) is 6.78. The van der Waals surface area contributed by atoms with Crippen molar-refractivity contribution in [3.8, 4) is 5.75 Å². The highest BCUT2D eigenvalue weighted by Gasteiger charge is 2.71. The van der Waals surface area contributed by atoms with E-state index in [0.717, 1.165) is 23.2 Å². The number of nitrogens with zero attached hydrogens (tertiary/aromatic N) is 2. The number of para-hydroxylation sites is 1. The maximum atomic E-state index is 13.6. The Morgan fingerprint density at radius 1 is 1.34 bits per heavy atom.